The Balaban J connectivity index is 1.60. The Hall–Kier alpha value is -1.76. The molecular weight excluding hydrogens is 218 g/mol. The third kappa shape index (κ3) is 2.56. The summed E-state index contributed by atoms with van der Waals surface area (Å²) in [5.74, 6) is 0. The van der Waals surface area contributed by atoms with Crippen molar-refractivity contribution in [3.8, 4) is 0 Å². The van der Waals surface area contributed by atoms with Crippen LogP contribution in [0.5, 0.6) is 0 Å². The highest BCUT2D eigenvalue weighted by molar-refractivity contribution is 5.53. The number of fused-ring (bicyclic) bond motifs is 1. The number of nitrogens with one attached hydrogen (secondary N) is 1. The summed E-state index contributed by atoms with van der Waals surface area (Å²) in [6, 6.07) is 20.1. The summed E-state index contributed by atoms with van der Waals surface area (Å²) in [6.07, 6.45) is 4.85. The van der Waals surface area contributed by atoms with E-state index in [0.29, 0.717) is 6.04 Å². The van der Waals surface area contributed by atoms with Crippen molar-refractivity contribution in [3.63, 3.8) is 0 Å². The number of rotatable bonds is 3. The summed E-state index contributed by atoms with van der Waals surface area (Å²) in [6.45, 7) is 0. The van der Waals surface area contributed by atoms with E-state index < -0.39 is 0 Å². The molecule has 1 aliphatic rings. The Morgan fingerprint density at radius 3 is 2.61 bits per heavy atom. The normalized spacial score (nSPS) is 17.9. The molecule has 1 heterocycles. The lowest BCUT2D eigenvalue weighted by molar-refractivity contribution is 0.586. The predicted octanol–water partition coefficient (Wildman–Crippen LogP) is 4.05. The summed E-state index contributed by atoms with van der Waals surface area (Å²) in [5, 5.41) is 3.67. The lowest BCUT2D eigenvalue weighted by Gasteiger charge is -2.27. The largest absolute Gasteiger partial charge is 0.382 e. The molecule has 0 amide bonds. The average Bonchev–Trinajstić information content (AvgIpc) is 2.46. The van der Waals surface area contributed by atoms with E-state index in [1.807, 2.05) is 0 Å². The van der Waals surface area contributed by atoms with E-state index in [-0.39, 0.29) is 0 Å². The third-order valence-electron chi connectivity index (χ3n) is 3.76. The maximum Gasteiger partial charge on any atom is 0.0374 e. The zero-order chi connectivity index (χ0) is 12.2. The van der Waals surface area contributed by atoms with Gasteiger partial charge in [0, 0.05) is 11.7 Å². The molecule has 0 fully saturated rings. The second-order valence-corrected chi connectivity index (χ2v) is 5.06. The molecule has 1 aliphatic heterocycles. The van der Waals surface area contributed by atoms with Crippen LogP contribution in [-0.4, -0.2) is 6.04 Å². The first-order valence-corrected chi connectivity index (χ1v) is 6.80. The Kier molecular flexibility index (Phi) is 3.31. The minimum atomic E-state index is 0.625. The molecule has 0 saturated carbocycles. The third-order valence-corrected chi connectivity index (χ3v) is 3.76. The van der Waals surface area contributed by atoms with Crippen LogP contribution in [0.15, 0.2) is 54.6 Å². The van der Waals surface area contributed by atoms with E-state index >= 15 is 0 Å². The van der Waals surface area contributed by atoms with Crippen molar-refractivity contribution in [1.29, 1.82) is 0 Å². The van der Waals surface area contributed by atoms with Crippen LogP contribution in [0.25, 0.3) is 0 Å². The van der Waals surface area contributed by atoms with E-state index in [1.54, 1.807) is 0 Å². The van der Waals surface area contributed by atoms with Crippen LogP contribution in [0.4, 0.5) is 5.69 Å². The van der Waals surface area contributed by atoms with Gasteiger partial charge in [0.05, 0.1) is 0 Å². The molecular formula is C17H19N. The molecule has 1 atom stereocenters. The quantitative estimate of drug-likeness (QED) is 0.849. The molecule has 2 aromatic rings. The molecule has 3 rings (SSSR count). The minimum absolute atomic E-state index is 0.625. The lowest BCUT2D eigenvalue weighted by Crippen LogP contribution is -2.25. The number of hydrogen-bond acceptors (Lipinski definition) is 1. The molecule has 1 nitrogen and oxygen atoms in total. The fourth-order valence-corrected chi connectivity index (χ4v) is 2.70. The van der Waals surface area contributed by atoms with E-state index in [9.17, 15) is 0 Å². The van der Waals surface area contributed by atoms with Gasteiger partial charge in [-0.25, -0.2) is 0 Å². The summed E-state index contributed by atoms with van der Waals surface area (Å²) in [5.41, 5.74) is 4.24. The van der Waals surface area contributed by atoms with Crippen molar-refractivity contribution < 1.29 is 0 Å². The topological polar surface area (TPSA) is 12.0 Å². The fraction of sp³-hybridized carbons (Fsp3) is 0.294. The predicted molar refractivity (Wildman–Crippen MR) is 76.9 cm³/mol. The van der Waals surface area contributed by atoms with Crippen LogP contribution in [0.2, 0.25) is 0 Å². The Labute approximate surface area is 109 Å². The average molecular weight is 237 g/mol. The molecule has 0 saturated heterocycles. The number of benzene rings is 2. The van der Waals surface area contributed by atoms with Crippen molar-refractivity contribution >= 4 is 5.69 Å². The zero-order valence-electron chi connectivity index (χ0n) is 10.6. The summed E-state index contributed by atoms with van der Waals surface area (Å²) in [4.78, 5) is 0. The molecule has 2 aromatic carbocycles. The van der Waals surface area contributed by atoms with Crippen molar-refractivity contribution in [1.82, 2.24) is 0 Å². The molecule has 1 N–H and O–H groups in total. The first-order valence-electron chi connectivity index (χ1n) is 6.80. The molecule has 1 heteroatoms. The van der Waals surface area contributed by atoms with E-state index in [4.69, 9.17) is 0 Å². The highest BCUT2D eigenvalue weighted by atomic mass is 14.9. The van der Waals surface area contributed by atoms with Gasteiger partial charge in [-0.3, -0.25) is 0 Å². The molecule has 92 valence electrons. The van der Waals surface area contributed by atoms with Crippen molar-refractivity contribution in [3.05, 3.63) is 65.7 Å². The molecule has 0 aromatic heterocycles. The van der Waals surface area contributed by atoms with Crippen LogP contribution in [0, 0.1) is 0 Å². The molecule has 0 radical (unpaired) electrons. The second kappa shape index (κ2) is 5.26. The van der Waals surface area contributed by atoms with E-state index in [1.165, 1.54) is 42.5 Å². The first kappa shape index (κ1) is 11.3. The number of hydrogen-bond donors (Lipinski definition) is 1. The van der Waals surface area contributed by atoms with Crippen LogP contribution in [-0.2, 0) is 12.8 Å². The standard InChI is InChI=1S/C17H19N/c1-2-6-14(7-3-1)10-12-16-13-11-15-8-4-5-9-17(15)18-16/h1-9,16,18H,10-13H2/t16-/m1/s1. The van der Waals surface area contributed by atoms with Gasteiger partial charge >= 0.3 is 0 Å². The first-order chi connectivity index (χ1) is 8.92. The van der Waals surface area contributed by atoms with Crippen LogP contribution in [0.3, 0.4) is 0 Å². The highest BCUT2D eigenvalue weighted by Gasteiger charge is 2.16. The van der Waals surface area contributed by atoms with E-state index in [2.05, 4.69) is 59.9 Å². The van der Waals surface area contributed by atoms with Gasteiger partial charge < -0.3 is 5.32 Å². The van der Waals surface area contributed by atoms with Crippen molar-refractivity contribution in [2.75, 3.05) is 5.32 Å². The van der Waals surface area contributed by atoms with E-state index in [0.717, 1.165) is 0 Å². The lowest BCUT2D eigenvalue weighted by atomic mass is 9.94. The zero-order valence-corrected chi connectivity index (χ0v) is 10.6. The van der Waals surface area contributed by atoms with Gasteiger partial charge in [0.2, 0.25) is 0 Å². The van der Waals surface area contributed by atoms with Gasteiger partial charge in [0.15, 0.2) is 0 Å². The Morgan fingerprint density at radius 2 is 1.72 bits per heavy atom. The molecule has 0 aliphatic carbocycles. The van der Waals surface area contributed by atoms with Crippen molar-refractivity contribution in [2.24, 2.45) is 0 Å². The number of aryl methyl sites for hydroxylation is 2. The molecule has 0 bridgehead atoms. The summed E-state index contributed by atoms with van der Waals surface area (Å²) < 4.78 is 0. The highest BCUT2D eigenvalue weighted by Crippen LogP contribution is 2.26. The van der Waals surface area contributed by atoms with Crippen LogP contribution in [0.1, 0.15) is 24.0 Å². The second-order valence-electron chi connectivity index (χ2n) is 5.06. The Bertz CT molecular complexity index is 504. The fourth-order valence-electron chi connectivity index (χ4n) is 2.70. The van der Waals surface area contributed by atoms with Crippen LogP contribution < -0.4 is 5.32 Å². The van der Waals surface area contributed by atoms with Gasteiger partial charge in [0.25, 0.3) is 0 Å². The summed E-state index contributed by atoms with van der Waals surface area (Å²) >= 11 is 0. The van der Waals surface area contributed by atoms with Gasteiger partial charge in [0.1, 0.15) is 0 Å². The minimum Gasteiger partial charge on any atom is -0.382 e. The number of anilines is 1. The molecule has 0 spiro atoms. The maximum absolute atomic E-state index is 3.67. The molecule has 18 heavy (non-hydrogen) atoms. The number of para-hydroxylation sites is 1. The SMILES string of the molecule is c1ccc(CC[C@@H]2CCc3ccccc3N2)cc1. The monoisotopic (exact) mass is 237 g/mol. The Morgan fingerprint density at radius 1 is 0.944 bits per heavy atom. The molecule has 0 unspecified atom stereocenters. The smallest absolute Gasteiger partial charge is 0.0374 e. The van der Waals surface area contributed by atoms with Crippen molar-refractivity contribution in [2.45, 2.75) is 31.7 Å². The van der Waals surface area contributed by atoms with Gasteiger partial charge in [-0.15, -0.1) is 0 Å². The van der Waals surface area contributed by atoms with Gasteiger partial charge in [-0.05, 0) is 42.9 Å². The van der Waals surface area contributed by atoms with Crippen LogP contribution >= 0.6 is 0 Å². The maximum atomic E-state index is 3.67. The summed E-state index contributed by atoms with van der Waals surface area (Å²) in [7, 11) is 0. The van der Waals surface area contributed by atoms with Gasteiger partial charge in [-0.2, -0.15) is 0 Å². The van der Waals surface area contributed by atoms with Gasteiger partial charge in [-0.1, -0.05) is 48.5 Å².